The van der Waals surface area contributed by atoms with Crippen LogP contribution in [0.3, 0.4) is 0 Å². The molecule has 1 unspecified atom stereocenters. The SMILES string of the molecule is CN(C1CCCc2c1cnn2C)S(=O)(=O)c1c(F)cccc1Cl. The van der Waals surface area contributed by atoms with Gasteiger partial charge in [0.1, 0.15) is 10.7 Å². The zero-order chi connectivity index (χ0) is 16.8. The lowest BCUT2D eigenvalue weighted by molar-refractivity contribution is 0.333. The standard InChI is InChI=1S/C15H17ClFN3O2S/c1-19-13-7-4-8-14(10(13)9-18-19)20(2)23(21,22)15-11(16)5-3-6-12(15)17/h3,5-6,9,14H,4,7-8H2,1-2H3. The molecule has 5 nitrogen and oxygen atoms in total. The Morgan fingerprint density at radius 1 is 1.43 bits per heavy atom. The van der Waals surface area contributed by atoms with Crippen LogP contribution in [0, 0.1) is 5.82 Å². The molecule has 0 fully saturated rings. The molecule has 23 heavy (non-hydrogen) atoms. The molecule has 0 aliphatic heterocycles. The van der Waals surface area contributed by atoms with Crippen molar-refractivity contribution in [3.05, 3.63) is 46.5 Å². The van der Waals surface area contributed by atoms with Gasteiger partial charge in [0.05, 0.1) is 17.3 Å². The Morgan fingerprint density at radius 3 is 2.87 bits per heavy atom. The quantitative estimate of drug-likeness (QED) is 0.848. The summed E-state index contributed by atoms with van der Waals surface area (Å²) >= 11 is 5.94. The van der Waals surface area contributed by atoms with Crippen LogP contribution in [0.5, 0.6) is 0 Å². The maximum atomic E-state index is 14.1. The van der Waals surface area contributed by atoms with Crippen molar-refractivity contribution in [3.8, 4) is 0 Å². The van der Waals surface area contributed by atoms with E-state index in [1.165, 1.54) is 23.5 Å². The summed E-state index contributed by atoms with van der Waals surface area (Å²) in [5, 5.41) is 4.10. The van der Waals surface area contributed by atoms with Crippen molar-refractivity contribution in [1.29, 1.82) is 0 Å². The predicted molar refractivity (Wildman–Crippen MR) is 85.2 cm³/mol. The summed E-state index contributed by atoms with van der Waals surface area (Å²) in [6.45, 7) is 0. The van der Waals surface area contributed by atoms with Gasteiger partial charge in [0.25, 0.3) is 0 Å². The number of hydrogen-bond acceptors (Lipinski definition) is 3. The first-order chi connectivity index (χ1) is 10.8. The van der Waals surface area contributed by atoms with Crippen LogP contribution in [0.15, 0.2) is 29.3 Å². The molecule has 0 radical (unpaired) electrons. The highest BCUT2D eigenvalue weighted by Gasteiger charge is 2.36. The summed E-state index contributed by atoms with van der Waals surface area (Å²) in [6, 6.07) is 3.49. The lowest BCUT2D eigenvalue weighted by Crippen LogP contribution is -2.34. The largest absolute Gasteiger partial charge is 0.272 e. The van der Waals surface area contributed by atoms with Crippen molar-refractivity contribution >= 4 is 21.6 Å². The Bertz CT molecular complexity index is 830. The molecule has 1 aliphatic carbocycles. The average Bonchev–Trinajstić information content (AvgIpc) is 2.88. The van der Waals surface area contributed by atoms with Crippen LogP contribution in [-0.4, -0.2) is 29.6 Å². The fourth-order valence-corrected chi connectivity index (χ4v) is 5.03. The first-order valence-electron chi connectivity index (χ1n) is 7.27. The third kappa shape index (κ3) is 2.66. The fraction of sp³-hybridized carbons (Fsp3) is 0.400. The molecule has 0 bridgehead atoms. The first kappa shape index (κ1) is 16.4. The van der Waals surface area contributed by atoms with Crippen LogP contribution < -0.4 is 0 Å². The van der Waals surface area contributed by atoms with Gasteiger partial charge < -0.3 is 0 Å². The number of nitrogens with zero attached hydrogens (tertiary/aromatic N) is 3. The molecule has 0 saturated carbocycles. The molecular weight excluding hydrogens is 341 g/mol. The van der Waals surface area contributed by atoms with Crippen LogP contribution in [0.1, 0.15) is 30.1 Å². The van der Waals surface area contributed by atoms with Gasteiger partial charge in [-0.25, -0.2) is 12.8 Å². The van der Waals surface area contributed by atoms with Crippen LogP contribution in [-0.2, 0) is 23.5 Å². The van der Waals surface area contributed by atoms with Crippen LogP contribution in [0.2, 0.25) is 5.02 Å². The Kier molecular flexibility index (Phi) is 4.20. The van der Waals surface area contributed by atoms with Gasteiger partial charge in [-0.3, -0.25) is 4.68 Å². The molecule has 1 heterocycles. The summed E-state index contributed by atoms with van der Waals surface area (Å²) < 4.78 is 42.8. The van der Waals surface area contributed by atoms with E-state index in [9.17, 15) is 12.8 Å². The number of aryl methyl sites for hydroxylation is 1. The second-order valence-corrected chi connectivity index (χ2v) is 7.99. The van der Waals surface area contributed by atoms with E-state index in [1.807, 2.05) is 7.05 Å². The normalized spacial score (nSPS) is 18.2. The van der Waals surface area contributed by atoms with Crippen molar-refractivity contribution < 1.29 is 12.8 Å². The highest BCUT2D eigenvalue weighted by Crippen LogP contribution is 2.37. The van der Waals surface area contributed by atoms with E-state index < -0.39 is 20.7 Å². The maximum absolute atomic E-state index is 14.1. The van der Waals surface area contributed by atoms with Gasteiger partial charge in [0.15, 0.2) is 0 Å². The number of benzene rings is 1. The predicted octanol–water partition coefficient (Wildman–Crippen LogP) is 2.91. The second-order valence-electron chi connectivity index (χ2n) is 5.65. The minimum absolute atomic E-state index is 0.112. The first-order valence-corrected chi connectivity index (χ1v) is 9.08. The van der Waals surface area contributed by atoms with E-state index in [-0.39, 0.29) is 11.1 Å². The number of rotatable bonds is 3. The Morgan fingerprint density at radius 2 is 2.17 bits per heavy atom. The monoisotopic (exact) mass is 357 g/mol. The van der Waals surface area contributed by atoms with Crippen LogP contribution in [0.4, 0.5) is 4.39 Å². The summed E-state index contributed by atoms with van der Waals surface area (Å²) in [6.07, 6.45) is 4.06. The lowest BCUT2D eigenvalue weighted by Gasteiger charge is -2.31. The van der Waals surface area contributed by atoms with Gasteiger partial charge in [-0.2, -0.15) is 9.40 Å². The molecule has 0 N–H and O–H groups in total. The van der Waals surface area contributed by atoms with Gasteiger partial charge in [-0.1, -0.05) is 17.7 Å². The van der Waals surface area contributed by atoms with Gasteiger partial charge in [-0.15, -0.1) is 0 Å². The van der Waals surface area contributed by atoms with E-state index in [0.717, 1.165) is 30.2 Å². The molecule has 2 aromatic rings. The molecule has 1 aromatic carbocycles. The molecule has 1 atom stereocenters. The minimum Gasteiger partial charge on any atom is -0.272 e. The van der Waals surface area contributed by atoms with Gasteiger partial charge >= 0.3 is 0 Å². The maximum Gasteiger partial charge on any atom is 0.247 e. The fourth-order valence-electron chi connectivity index (χ4n) is 3.10. The lowest BCUT2D eigenvalue weighted by atomic mass is 9.93. The zero-order valence-corrected chi connectivity index (χ0v) is 14.4. The highest BCUT2D eigenvalue weighted by atomic mass is 35.5. The van der Waals surface area contributed by atoms with E-state index in [1.54, 1.807) is 10.9 Å². The van der Waals surface area contributed by atoms with Crippen molar-refractivity contribution in [2.45, 2.75) is 30.2 Å². The topological polar surface area (TPSA) is 55.2 Å². The molecule has 1 aliphatic rings. The van der Waals surface area contributed by atoms with E-state index in [4.69, 9.17) is 11.6 Å². The Labute approximate surface area is 139 Å². The van der Waals surface area contributed by atoms with E-state index in [2.05, 4.69) is 5.10 Å². The number of hydrogen-bond donors (Lipinski definition) is 0. The van der Waals surface area contributed by atoms with Crippen molar-refractivity contribution in [3.63, 3.8) is 0 Å². The summed E-state index contributed by atoms with van der Waals surface area (Å²) in [4.78, 5) is -0.472. The van der Waals surface area contributed by atoms with Crippen molar-refractivity contribution in [1.82, 2.24) is 14.1 Å². The second kappa shape index (κ2) is 5.89. The van der Waals surface area contributed by atoms with Gasteiger partial charge in [0.2, 0.25) is 10.0 Å². The molecule has 124 valence electrons. The summed E-state index contributed by atoms with van der Waals surface area (Å²) in [5.74, 6) is -0.841. The third-order valence-electron chi connectivity index (χ3n) is 4.34. The molecule has 0 amide bonds. The van der Waals surface area contributed by atoms with Crippen molar-refractivity contribution in [2.75, 3.05) is 7.05 Å². The Balaban J connectivity index is 2.05. The molecule has 8 heteroatoms. The molecular formula is C15H17ClFN3O2S. The third-order valence-corrected chi connectivity index (χ3v) is 6.71. The van der Waals surface area contributed by atoms with E-state index in [0.29, 0.717) is 6.42 Å². The highest BCUT2D eigenvalue weighted by molar-refractivity contribution is 7.89. The summed E-state index contributed by atoms with van der Waals surface area (Å²) in [5.41, 5.74) is 1.89. The number of aromatic nitrogens is 2. The summed E-state index contributed by atoms with van der Waals surface area (Å²) in [7, 11) is -0.744. The average molecular weight is 358 g/mol. The minimum atomic E-state index is -4.04. The zero-order valence-electron chi connectivity index (χ0n) is 12.8. The Hall–Kier alpha value is -1.44. The number of sulfonamides is 1. The molecule has 3 rings (SSSR count). The number of fused-ring (bicyclic) bond motifs is 1. The molecule has 0 saturated heterocycles. The smallest absolute Gasteiger partial charge is 0.247 e. The van der Waals surface area contributed by atoms with Gasteiger partial charge in [-0.05, 0) is 31.4 Å². The van der Waals surface area contributed by atoms with Crippen molar-refractivity contribution in [2.24, 2.45) is 7.05 Å². The van der Waals surface area contributed by atoms with Crippen LogP contribution >= 0.6 is 11.6 Å². The molecule has 1 aromatic heterocycles. The van der Waals surface area contributed by atoms with Gasteiger partial charge in [0, 0.05) is 25.4 Å². The van der Waals surface area contributed by atoms with Crippen LogP contribution in [0.25, 0.3) is 0 Å². The number of halogens is 2. The van der Waals surface area contributed by atoms with E-state index >= 15 is 0 Å². The molecule has 0 spiro atoms.